The number of hydrogen-bond donors (Lipinski definition) is 1. The Balaban J connectivity index is 2.59. The molecule has 21 heavy (non-hydrogen) atoms. The zero-order valence-electron chi connectivity index (χ0n) is 13.6. The molecule has 0 amide bonds. The maximum absolute atomic E-state index is 11.1. The number of nitro benzene ring substituents is 1. The summed E-state index contributed by atoms with van der Waals surface area (Å²) >= 11 is 0. The second kappa shape index (κ2) is 8.62. The zero-order valence-corrected chi connectivity index (χ0v) is 13.6. The van der Waals surface area contributed by atoms with Gasteiger partial charge in [-0.25, -0.2) is 0 Å². The van der Waals surface area contributed by atoms with Crippen molar-refractivity contribution in [3.8, 4) is 0 Å². The van der Waals surface area contributed by atoms with E-state index in [1.165, 1.54) is 0 Å². The third-order valence-corrected chi connectivity index (χ3v) is 3.84. The number of nitrogens with one attached hydrogen (secondary N) is 1. The first kappa shape index (κ1) is 17.4. The lowest BCUT2D eigenvalue weighted by molar-refractivity contribution is -0.384. The van der Waals surface area contributed by atoms with Gasteiger partial charge in [-0.3, -0.25) is 10.1 Å². The molecule has 118 valence electrons. The molecule has 1 aromatic carbocycles. The van der Waals surface area contributed by atoms with E-state index in [-0.39, 0.29) is 16.7 Å². The SMILES string of the molecule is CCN(CC)CCCC(C)Nc1c(C)cccc1[N+](=O)[O-]. The third kappa shape index (κ3) is 5.34. The van der Waals surface area contributed by atoms with Gasteiger partial charge in [0.2, 0.25) is 0 Å². The molecule has 0 saturated carbocycles. The number of anilines is 1. The Kier molecular flexibility index (Phi) is 7.15. The molecule has 1 N–H and O–H groups in total. The van der Waals surface area contributed by atoms with Gasteiger partial charge < -0.3 is 10.2 Å². The van der Waals surface area contributed by atoms with Crippen molar-refractivity contribution in [3.63, 3.8) is 0 Å². The molecule has 0 aromatic heterocycles. The van der Waals surface area contributed by atoms with Crippen LogP contribution in [0.25, 0.3) is 0 Å². The summed E-state index contributed by atoms with van der Waals surface area (Å²) in [6.45, 7) is 11.5. The van der Waals surface area contributed by atoms with Crippen LogP contribution >= 0.6 is 0 Å². The maximum Gasteiger partial charge on any atom is 0.292 e. The fourth-order valence-corrected chi connectivity index (χ4v) is 2.47. The Morgan fingerprint density at radius 3 is 2.57 bits per heavy atom. The first-order valence-corrected chi connectivity index (χ1v) is 7.72. The highest BCUT2D eigenvalue weighted by atomic mass is 16.6. The average Bonchev–Trinajstić information content (AvgIpc) is 2.45. The van der Waals surface area contributed by atoms with Crippen LogP contribution in [0.3, 0.4) is 0 Å². The van der Waals surface area contributed by atoms with Crippen molar-refractivity contribution in [3.05, 3.63) is 33.9 Å². The summed E-state index contributed by atoms with van der Waals surface area (Å²) in [7, 11) is 0. The third-order valence-electron chi connectivity index (χ3n) is 3.84. The van der Waals surface area contributed by atoms with Crippen LogP contribution in [0.1, 0.15) is 39.2 Å². The van der Waals surface area contributed by atoms with E-state index in [0.717, 1.165) is 38.0 Å². The van der Waals surface area contributed by atoms with Crippen molar-refractivity contribution in [2.75, 3.05) is 25.0 Å². The Morgan fingerprint density at radius 1 is 1.33 bits per heavy atom. The molecule has 1 aromatic rings. The monoisotopic (exact) mass is 293 g/mol. The quantitative estimate of drug-likeness (QED) is 0.555. The number of nitrogens with zero attached hydrogens (tertiary/aromatic N) is 2. The highest BCUT2D eigenvalue weighted by molar-refractivity contribution is 5.66. The van der Waals surface area contributed by atoms with Gasteiger partial charge >= 0.3 is 0 Å². The van der Waals surface area contributed by atoms with Crippen LogP contribution in [0, 0.1) is 17.0 Å². The van der Waals surface area contributed by atoms with Gasteiger partial charge in [0.05, 0.1) is 4.92 Å². The minimum atomic E-state index is -0.321. The Morgan fingerprint density at radius 2 is 2.00 bits per heavy atom. The average molecular weight is 293 g/mol. The van der Waals surface area contributed by atoms with Gasteiger partial charge in [-0.05, 0) is 51.9 Å². The number of para-hydroxylation sites is 1. The molecule has 5 nitrogen and oxygen atoms in total. The summed E-state index contributed by atoms with van der Waals surface area (Å²) in [4.78, 5) is 13.2. The summed E-state index contributed by atoms with van der Waals surface area (Å²) in [5.74, 6) is 0. The number of nitro groups is 1. The van der Waals surface area contributed by atoms with Crippen molar-refractivity contribution in [2.24, 2.45) is 0 Å². The van der Waals surface area contributed by atoms with Crippen molar-refractivity contribution >= 4 is 11.4 Å². The lowest BCUT2D eigenvalue weighted by Gasteiger charge is -2.20. The molecule has 5 heteroatoms. The smallest absolute Gasteiger partial charge is 0.292 e. The topological polar surface area (TPSA) is 58.4 Å². The number of hydrogen-bond acceptors (Lipinski definition) is 4. The van der Waals surface area contributed by atoms with E-state index in [1.54, 1.807) is 12.1 Å². The van der Waals surface area contributed by atoms with Gasteiger partial charge in [0.1, 0.15) is 5.69 Å². The first-order chi connectivity index (χ1) is 9.99. The van der Waals surface area contributed by atoms with E-state index < -0.39 is 0 Å². The highest BCUT2D eigenvalue weighted by Gasteiger charge is 2.17. The van der Waals surface area contributed by atoms with Crippen molar-refractivity contribution < 1.29 is 4.92 Å². The molecule has 0 aliphatic carbocycles. The predicted molar refractivity (Wildman–Crippen MR) is 87.9 cm³/mol. The van der Waals surface area contributed by atoms with Crippen LogP contribution in [0.2, 0.25) is 0 Å². The van der Waals surface area contributed by atoms with Gasteiger partial charge in [0.25, 0.3) is 5.69 Å². The predicted octanol–water partition coefficient (Wildman–Crippen LogP) is 3.83. The summed E-state index contributed by atoms with van der Waals surface area (Å²) < 4.78 is 0. The fraction of sp³-hybridized carbons (Fsp3) is 0.625. The van der Waals surface area contributed by atoms with Crippen molar-refractivity contribution in [1.82, 2.24) is 4.90 Å². The summed E-state index contributed by atoms with van der Waals surface area (Å²) in [6.07, 6.45) is 2.09. The Bertz CT molecular complexity index is 459. The van der Waals surface area contributed by atoms with Gasteiger partial charge in [0, 0.05) is 12.1 Å². The van der Waals surface area contributed by atoms with Crippen molar-refractivity contribution in [2.45, 2.75) is 46.6 Å². The van der Waals surface area contributed by atoms with Gasteiger partial charge in [0.15, 0.2) is 0 Å². The van der Waals surface area contributed by atoms with Crippen LogP contribution in [-0.4, -0.2) is 35.5 Å². The maximum atomic E-state index is 11.1. The molecule has 0 spiro atoms. The lowest BCUT2D eigenvalue weighted by atomic mass is 10.1. The molecule has 0 aliphatic heterocycles. The van der Waals surface area contributed by atoms with E-state index in [2.05, 4.69) is 31.0 Å². The van der Waals surface area contributed by atoms with Crippen LogP contribution in [0.5, 0.6) is 0 Å². The number of benzene rings is 1. The molecular formula is C16H27N3O2. The van der Waals surface area contributed by atoms with E-state index >= 15 is 0 Å². The largest absolute Gasteiger partial charge is 0.377 e. The van der Waals surface area contributed by atoms with Gasteiger partial charge in [-0.2, -0.15) is 0 Å². The number of aryl methyl sites for hydroxylation is 1. The first-order valence-electron chi connectivity index (χ1n) is 7.72. The van der Waals surface area contributed by atoms with Gasteiger partial charge in [-0.1, -0.05) is 26.0 Å². The molecule has 0 radical (unpaired) electrons. The zero-order chi connectivity index (χ0) is 15.8. The molecule has 0 fully saturated rings. The Labute approximate surface area is 127 Å². The van der Waals surface area contributed by atoms with E-state index in [9.17, 15) is 10.1 Å². The van der Waals surface area contributed by atoms with Crippen molar-refractivity contribution in [1.29, 1.82) is 0 Å². The molecule has 1 rings (SSSR count). The molecule has 0 heterocycles. The molecule has 0 saturated heterocycles. The normalized spacial score (nSPS) is 12.4. The second-order valence-corrected chi connectivity index (χ2v) is 5.44. The van der Waals surface area contributed by atoms with Crippen LogP contribution in [-0.2, 0) is 0 Å². The minimum Gasteiger partial charge on any atom is -0.377 e. The number of rotatable bonds is 9. The van der Waals surface area contributed by atoms with Crippen LogP contribution in [0.4, 0.5) is 11.4 Å². The lowest BCUT2D eigenvalue weighted by Crippen LogP contribution is -2.25. The highest BCUT2D eigenvalue weighted by Crippen LogP contribution is 2.28. The standard InChI is InChI=1S/C16H27N3O2/c1-5-18(6-2)12-8-10-14(4)17-16-13(3)9-7-11-15(16)19(20)21/h7,9,11,14,17H,5-6,8,10,12H2,1-4H3. The van der Waals surface area contributed by atoms with Crippen LogP contribution in [0.15, 0.2) is 18.2 Å². The summed E-state index contributed by atoms with van der Waals surface area (Å²) in [5.41, 5.74) is 1.73. The fourth-order valence-electron chi connectivity index (χ4n) is 2.47. The molecule has 0 bridgehead atoms. The minimum absolute atomic E-state index is 0.158. The van der Waals surface area contributed by atoms with E-state index in [4.69, 9.17) is 0 Å². The molecule has 1 unspecified atom stereocenters. The van der Waals surface area contributed by atoms with Crippen LogP contribution < -0.4 is 5.32 Å². The van der Waals surface area contributed by atoms with E-state index in [1.807, 2.05) is 13.0 Å². The molecular weight excluding hydrogens is 266 g/mol. The summed E-state index contributed by atoms with van der Waals surface area (Å²) in [6, 6.07) is 5.40. The van der Waals surface area contributed by atoms with E-state index in [0.29, 0.717) is 5.69 Å². The second-order valence-electron chi connectivity index (χ2n) is 5.44. The Hall–Kier alpha value is -1.62. The summed E-state index contributed by atoms with van der Waals surface area (Å²) in [5, 5.41) is 14.4. The molecule has 1 atom stereocenters. The molecule has 0 aliphatic rings. The van der Waals surface area contributed by atoms with Gasteiger partial charge in [-0.15, -0.1) is 0 Å².